The number of hydrogen-bond donors (Lipinski definition) is 2. The van der Waals surface area contributed by atoms with Crippen LogP contribution in [0.1, 0.15) is 22.9 Å². The number of hydroxylamine groups is 1. The molecular weight excluding hydrogens is 591 g/mol. The molecule has 4 atom stereocenters. The summed E-state index contributed by atoms with van der Waals surface area (Å²) in [5, 5.41) is 17.1. The molecule has 2 saturated heterocycles. The number of thiazole rings is 1. The van der Waals surface area contributed by atoms with E-state index in [0.717, 1.165) is 51.9 Å². The van der Waals surface area contributed by atoms with Crippen molar-refractivity contribution in [3.05, 3.63) is 34.9 Å². The molecule has 2 N–H and O–H groups in total. The molecule has 4 unspecified atom stereocenters. The van der Waals surface area contributed by atoms with Gasteiger partial charge in [0.05, 0.1) is 5.01 Å². The van der Waals surface area contributed by atoms with E-state index in [4.69, 9.17) is 14.2 Å². The predicted molar refractivity (Wildman–Crippen MR) is 104 cm³/mol. The van der Waals surface area contributed by atoms with Gasteiger partial charge in [0.2, 0.25) is 0 Å². The van der Waals surface area contributed by atoms with Gasteiger partial charge >= 0.3 is 170 Å². The van der Waals surface area contributed by atoms with E-state index in [1.807, 2.05) is 32.0 Å². The molecule has 2 aliphatic heterocycles. The average Bonchev–Trinajstić information content (AvgIpc) is 3.21. The van der Waals surface area contributed by atoms with Crippen LogP contribution in [0.2, 0.25) is 0 Å². The van der Waals surface area contributed by atoms with Gasteiger partial charge in [-0.05, 0) is 6.92 Å². The van der Waals surface area contributed by atoms with Crippen LogP contribution in [0.25, 0.3) is 15.9 Å². The van der Waals surface area contributed by atoms with Crippen LogP contribution in [-0.2, 0) is 14.2 Å². The molecule has 2 fully saturated rings. The Morgan fingerprint density at radius 2 is 2.10 bits per heavy atom. The molecule has 3 radical (unpaired) electrons. The molecule has 29 heavy (non-hydrogen) atoms. The summed E-state index contributed by atoms with van der Waals surface area (Å²) in [4.78, 5) is 9.05. The molecule has 1 aromatic carbocycles. The summed E-state index contributed by atoms with van der Waals surface area (Å²) in [6.45, 7) is 4.62. The summed E-state index contributed by atoms with van der Waals surface area (Å²) in [6.07, 6.45) is -1.41. The Morgan fingerprint density at radius 3 is 2.97 bits per heavy atom. The van der Waals surface area contributed by atoms with E-state index in [-0.39, 0.29) is 16.1 Å². The summed E-state index contributed by atoms with van der Waals surface area (Å²) in [5.41, 5.74) is 4.71. The van der Waals surface area contributed by atoms with Crippen molar-refractivity contribution in [1.29, 1.82) is 0 Å². The van der Waals surface area contributed by atoms with Gasteiger partial charge in [0, 0.05) is 0 Å². The van der Waals surface area contributed by atoms with Gasteiger partial charge in [0.15, 0.2) is 0 Å². The number of hydrazine groups is 1. The number of rotatable bonds is 2. The molecule has 10 nitrogen and oxygen atoms in total. The number of aromatic nitrogens is 4. The van der Waals surface area contributed by atoms with E-state index < -0.39 is 6.23 Å². The number of benzene rings is 1. The fourth-order valence-corrected chi connectivity index (χ4v) is 5.40. The number of nitrogens with zero attached hydrogens (tertiary/aromatic N) is 5. The summed E-state index contributed by atoms with van der Waals surface area (Å²) >= 11 is 2.39. The molecule has 0 amide bonds. The van der Waals surface area contributed by atoms with E-state index in [2.05, 4.69) is 20.5 Å². The summed E-state index contributed by atoms with van der Waals surface area (Å²) in [7, 11) is 0. The fourth-order valence-electron chi connectivity index (χ4n) is 3.48. The number of aryl methyl sites for hydroxylation is 2. The molecule has 0 bridgehead atoms. The van der Waals surface area contributed by atoms with Crippen LogP contribution in [0.5, 0.6) is 0 Å². The predicted octanol–water partition coefficient (Wildman–Crippen LogP) is 0.955. The van der Waals surface area contributed by atoms with Gasteiger partial charge < -0.3 is 0 Å². The molecule has 0 saturated carbocycles. The van der Waals surface area contributed by atoms with E-state index in [1.54, 1.807) is 16.0 Å². The second-order valence-corrected chi connectivity index (χ2v) is 9.95. The minimum atomic E-state index is -0.872. The molecule has 0 spiro atoms. The molecule has 2 aliphatic rings. The van der Waals surface area contributed by atoms with Crippen molar-refractivity contribution in [3.63, 3.8) is 0 Å². The number of nitrogens with one attached hydrogen (secondary N) is 1. The minimum absolute atomic E-state index is 0.175. The summed E-state index contributed by atoms with van der Waals surface area (Å²) in [6, 6.07) is 5.92. The van der Waals surface area contributed by atoms with E-state index >= 15 is 0 Å². The first-order valence-corrected chi connectivity index (χ1v) is 12.2. The molecule has 151 valence electrons. The Kier molecular flexibility index (Phi) is 5.40. The van der Waals surface area contributed by atoms with Gasteiger partial charge in [-0.3, -0.25) is 0 Å². The number of fused-ring (bicyclic) bond motifs is 2. The summed E-state index contributed by atoms with van der Waals surface area (Å²) in [5.74, 6) is 1.04. The Morgan fingerprint density at radius 1 is 1.24 bits per heavy atom. The Labute approximate surface area is 186 Å². The Balaban J connectivity index is 1.52. The molecule has 2 aromatic heterocycles. The van der Waals surface area contributed by atoms with Gasteiger partial charge in [0.1, 0.15) is 0 Å². The topological polar surface area (TPSA) is 107 Å². The standard InChI is InChI=1S/C17H19N6O4S.Pb/c1-9-19-16(17-23(24)18-6-13-14(27-17)7-25-8-26-13)22(21-9)11-3-4-12-15(5-11)28-10(2)20-12;/h3-5,8,13-14,17-18,24H,6-7H2,1-2H3;. The number of ether oxygens (including phenoxy) is 3. The Bertz CT molecular complexity index is 1040. The molecule has 3 aromatic rings. The average molecular weight is 611 g/mol. The molecule has 5 rings (SSSR count). The second kappa shape index (κ2) is 7.88. The number of hydrogen-bond acceptors (Lipinski definition) is 10. The zero-order valence-electron chi connectivity index (χ0n) is 15.8. The van der Waals surface area contributed by atoms with E-state index in [0.29, 0.717) is 24.8 Å². The van der Waals surface area contributed by atoms with Crippen molar-refractivity contribution in [2.45, 2.75) is 36.1 Å². The molecule has 0 aliphatic carbocycles. The van der Waals surface area contributed by atoms with Gasteiger partial charge in [-0.1, -0.05) is 0 Å². The van der Waals surface area contributed by atoms with Crippen molar-refractivity contribution >= 4 is 47.3 Å². The van der Waals surface area contributed by atoms with Gasteiger partial charge in [-0.15, -0.1) is 0 Å². The van der Waals surface area contributed by atoms with Crippen LogP contribution in [0.15, 0.2) is 18.2 Å². The van der Waals surface area contributed by atoms with E-state index in [1.165, 1.54) is 0 Å². The Hall–Kier alpha value is -1.07. The fraction of sp³-hybridized carbons (Fsp3) is 0.471. The maximum absolute atomic E-state index is 10.6. The van der Waals surface area contributed by atoms with Crippen LogP contribution < -0.4 is 5.43 Å². The van der Waals surface area contributed by atoms with Crippen molar-refractivity contribution in [2.24, 2.45) is 0 Å². The van der Waals surface area contributed by atoms with Crippen molar-refractivity contribution in [2.75, 3.05) is 13.2 Å². The zero-order valence-corrected chi connectivity index (χ0v) is 20.5. The van der Waals surface area contributed by atoms with Crippen molar-refractivity contribution in [1.82, 2.24) is 30.3 Å². The van der Waals surface area contributed by atoms with Crippen LogP contribution in [0.4, 0.5) is 0 Å². The first-order valence-electron chi connectivity index (χ1n) is 9.14. The quantitative estimate of drug-likeness (QED) is 0.411. The zero-order chi connectivity index (χ0) is 20.1. The second-order valence-electron chi connectivity index (χ2n) is 6.89. The monoisotopic (exact) mass is 611 g/mol. The first kappa shape index (κ1) is 19.9. The van der Waals surface area contributed by atoms with Crippen LogP contribution >= 0.6 is 11.3 Å². The maximum atomic E-state index is 10.6. The van der Waals surface area contributed by atoms with Gasteiger partial charge in [-0.25, -0.2) is 4.98 Å². The molecule has 12 heteroatoms. The van der Waals surface area contributed by atoms with Crippen LogP contribution in [0, 0.1) is 13.8 Å². The third-order valence-electron chi connectivity index (χ3n) is 4.79. The normalized spacial score (nSPS) is 28.4. The summed E-state index contributed by atoms with van der Waals surface area (Å²) < 4.78 is 20.2. The van der Waals surface area contributed by atoms with Gasteiger partial charge in [0.25, 0.3) is 0 Å². The SMILES string of the molecule is Cc1nc(C2OC3CO[CH]([Pb])OC3CNN2O)n(-c2ccc3nc(C)sc3c2)n1. The van der Waals surface area contributed by atoms with Gasteiger partial charge in [-0.2, -0.15) is 0 Å². The van der Waals surface area contributed by atoms with E-state index in [9.17, 15) is 5.21 Å². The third-order valence-corrected chi connectivity index (χ3v) is 6.90. The molecule has 4 heterocycles. The van der Waals surface area contributed by atoms with Crippen LogP contribution in [-0.4, -0.2) is 85.1 Å². The third kappa shape index (κ3) is 3.85. The van der Waals surface area contributed by atoms with Crippen LogP contribution in [0.3, 0.4) is 0 Å². The van der Waals surface area contributed by atoms with Crippen molar-refractivity contribution in [3.8, 4) is 5.69 Å². The van der Waals surface area contributed by atoms with Crippen molar-refractivity contribution < 1.29 is 19.4 Å². The molecular formula is C17H19N6O4PbS. The first-order chi connectivity index (χ1) is 14.0.